The van der Waals surface area contributed by atoms with Gasteiger partial charge in [0, 0.05) is 22.2 Å². The standard InChI is InChI=1S/C30H28F3NO3S/c1-19-14-16-34(18-19)15-2-3-20-4-11-24(12-5-20)37-28-25-13-10-23(35)17-26(25)38-29(28)27(36)21-6-8-22(9-7-21)30(31,32)33/h4-13,17,19,35H,2-3,14-16,18H2,1H3/t19-/m0/s1. The van der Waals surface area contributed by atoms with Crippen LogP contribution in [0, 0.1) is 5.92 Å². The number of alkyl halides is 3. The van der Waals surface area contributed by atoms with Crippen LogP contribution in [-0.4, -0.2) is 35.4 Å². The number of likely N-dealkylation sites (tertiary alicyclic amines) is 1. The molecule has 0 bridgehead atoms. The van der Waals surface area contributed by atoms with Gasteiger partial charge in [0.15, 0.2) is 5.75 Å². The number of carbonyl (C=O) groups excluding carboxylic acids is 1. The zero-order valence-corrected chi connectivity index (χ0v) is 21.7. The van der Waals surface area contributed by atoms with Gasteiger partial charge in [-0.3, -0.25) is 4.79 Å². The minimum atomic E-state index is -4.48. The fourth-order valence-corrected chi connectivity index (χ4v) is 5.96. The number of nitrogens with zero attached hydrogens (tertiary/aromatic N) is 1. The van der Waals surface area contributed by atoms with E-state index < -0.39 is 17.5 Å². The fourth-order valence-electron chi connectivity index (χ4n) is 4.83. The van der Waals surface area contributed by atoms with Crippen LogP contribution >= 0.6 is 11.3 Å². The van der Waals surface area contributed by atoms with Crippen molar-refractivity contribution in [3.63, 3.8) is 0 Å². The van der Waals surface area contributed by atoms with Crippen molar-refractivity contribution < 1.29 is 27.8 Å². The summed E-state index contributed by atoms with van der Waals surface area (Å²) < 4.78 is 45.8. The van der Waals surface area contributed by atoms with E-state index in [0.717, 1.165) is 48.8 Å². The Morgan fingerprint density at radius 1 is 1.08 bits per heavy atom. The highest BCUT2D eigenvalue weighted by Gasteiger charge is 2.31. The summed E-state index contributed by atoms with van der Waals surface area (Å²) >= 11 is 1.13. The van der Waals surface area contributed by atoms with Gasteiger partial charge in [-0.25, -0.2) is 0 Å². The summed E-state index contributed by atoms with van der Waals surface area (Å²) in [5.74, 6) is 1.26. The van der Waals surface area contributed by atoms with E-state index in [9.17, 15) is 23.1 Å². The molecule has 198 valence electrons. The summed E-state index contributed by atoms with van der Waals surface area (Å²) in [5, 5.41) is 10.6. The van der Waals surface area contributed by atoms with Crippen molar-refractivity contribution in [3.8, 4) is 17.2 Å². The highest BCUT2D eigenvalue weighted by molar-refractivity contribution is 7.21. The molecule has 0 aliphatic carbocycles. The van der Waals surface area contributed by atoms with Gasteiger partial charge in [0.25, 0.3) is 0 Å². The molecule has 3 aromatic carbocycles. The quantitative estimate of drug-likeness (QED) is 0.231. The Morgan fingerprint density at radius 3 is 2.47 bits per heavy atom. The van der Waals surface area contributed by atoms with Crippen molar-refractivity contribution in [1.82, 2.24) is 4.90 Å². The van der Waals surface area contributed by atoms with Gasteiger partial charge in [0.2, 0.25) is 5.78 Å². The van der Waals surface area contributed by atoms with Crippen molar-refractivity contribution in [2.24, 2.45) is 5.92 Å². The van der Waals surface area contributed by atoms with Crippen molar-refractivity contribution in [1.29, 1.82) is 0 Å². The molecule has 2 heterocycles. The molecule has 1 saturated heterocycles. The van der Waals surface area contributed by atoms with Gasteiger partial charge in [-0.2, -0.15) is 13.2 Å². The van der Waals surface area contributed by atoms with Gasteiger partial charge >= 0.3 is 6.18 Å². The van der Waals surface area contributed by atoms with Crippen LogP contribution in [0.3, 0.4) is 0 Å². The molecule has 8 heteroatoms. The second-order valence-electron chi connectivity index (χ2n) is 9.89. The van der Waals surface area contributed by atoms with E-state index in [2.05, 4.69) is 11.8 Å². The zero-order valence-electron chi connectivity index (χ0n) is 20.9. The number of fused-ring (bicyclic) bond motifs is 1. The lowest BCUT2D eigenvalue weighted by molar-refractivity contribution is -0.137. The number of thiophene rings is 1. The number of carbonyl (C=O) groups is 1. The highest BCUT2D eigenvalue weighted by atomic mass is 32.1. The molecule has 0 radical (unpaired) electrons. The van der Waals surface area contributed by atoms with Crippen molar-refractivity contribution in [2.75, 3.05) is 19.6 Å². The van der Waals surface area contributed by atoms with Gasteiger partial charge in [-0.05, 0) is 86.3 Å². The normalized spacial score (nSPS) is 16.3. The second-order valence-corrected chi connectivity index (χ2v) is 10.9. The number of hydrogen-bond donors (Lipinski definition) is 1. The highest BCUT2D eigenvalue weighted by Crippen LogP contribution is 2.43. The Labute approximate surface area is 223 Å². The summed E-state index contributed by atoms with van der Waals surface area (Å²) in [5.41, 5.74) is 0.508. The Kier molecular flexibility index (Phi) is 7.45. The number of aryl methyl sites for hydroxylation is 1. The average Bonchev–Trinajstić information content (AvgIpc) is 3.46. The number of phenolic OH excluding ortho intramolecular Hbond substituents is 1. The average molecular weight is 540 g/mol. The van der Waals surface area contributed by atoms with E-state index in [1.165, 1.54) is 43.3 Å². The third kappa shape index (κ3) is 5.87. The number of ketones is 1. The molecule has 4 aromatic rings. The molecule has 0 spiro atoms. The summed E-state index contributed by atoms with van der Waals surface area (Å²) in [6, 6.07) is 16.6. The van der Waals surface area contributed by atoms with Gasteiger partial charge in [-0.15, -0.1) is 11.3 Å². The molecule has 1 atom stereocenters. The third-order valence-electron chi connectivity index (χ3n) is 6.90. The third-order valence-corrected chi connectivity index (χ3v) is 8.03. The second kappa shape index (κ2) is 10.8. The Balaban J connectivity index is 1.35. The lowest BCUT2D eigenvalue weighted by Gasteiger charge is -2.15. The number of benzene rings is 3. The molecule has 5 rings (SSSR count). The number of phenols is 1. The predicted octanol–water partition coefficient (Wildman–Crippen LogP) is 7.92. The van der Waals surface area contributed by atoms with E-state index in [1.54, 1.807) is 12.1 Å². The van der Waals surface area contributed by atoms with E-state index in [0.29, 0.717) is 21.6 Å². The molecule has 1 aliphatic heterocycles. The lowest BCUT2D eigenvalue weighted by Crippen LogP contribution is -2.21. The van der Waals surface area contributed by atoms with Gasteiger partial charge < -0.3 is 14.7 Å². The number of rotatable bonds is 8. The van der Waals surface area contributed by atoms with Crippen molar-refractivity contribution in [3.05, 3.63) is 88.3 Å². The minimum absolute atomic E-state index is 0.0477. The van der Waals surface area contributed by atoms with E-state index in [4.69, 9.17) is 4.74 Å². The van der Waals surface area contributed by atoms with Crippen LogP contribution in [-0.2, 0) is 12.6 Å². The molecular formula is C30H28F3NO3S. The maximum atomic E-state index is 13.4. The van der Waals surface area contributed by atoms with Crippen LogP contribution in [0.2, 0.25) is 0 Å². The molecule has 1 aliphatic rings. The lowest BCUT2D eigenvalue weighted by atomic mass is 10.1. The summed E-state index contributed by atoms with van der Waals surface area (Å²) in [7, 11) is 0. The Morgan fingerprint density at radius 2 is 1.82 bits per heavy atom. The molecule has 0 unspecified atom stereocenters. The zero-order chi connectivity index (χ0) is 26.9. The molecule has 4 nitrogen and oxygen atoms in total. The van der Waals surface area contributed by atoms with Crippen molar-refractivity contribution >= 4 is 27.2 Å². The Hall–Kier alpha value is -3.36. The van der Waals surface area contributed by atoms with Crippen LogP contribution in [0.1, 0.15) is 46.1 Å². The first-order chi connectivity index (χ1) is 18.2. The first kappa shape index (κ1) is 26.3. The monoisotopic (exact) mass is 539 g/mol. The van der Waals surface area contributed by atoms with Crippen LogP contribution in [0.15, 0.2) is 66.7 Å². The molecule has 0 amide bonds. The SMILES string of the molecule is C[C@H]1CCN(CCCc2ccc(Oc3c(C(=O)c4ccc(C(F)(F)F)cc4)sc4cc(O)ccc34)cc2)C1. The summed E-state index contributed by atoms with van der Waals surface area (Å²) in [6.07, 6.45) is -1.17. The first-order valence-electron chi connectivity index (χ1n) is 12.6. The smallest absolute Gasteiger partial charge is 0.416 e. The number of hydrogen-bond acceptors (Lipinski definition) is 5. The molecular weight excluding hydrogens is 511 g/mol. The fraction of sp³-hybridized carbons (Fsp3) is 0.300. The minimum Gasteiger partial charge on any atom is -0.508 e. The van der Waals surface area contributed by atoms with Gasteiger partial charge in [0.1, 0.15) is 16.4 Å². The van der Waals surface area contributed by atoms with E-state index in [1.807, 2.05) is 24.3 Å². The van der Waals surface area contributed by atoms with Crippen LogP contribution in [0.4, 0.5) is 13.2 Å². The largest absolute Gasteiger partial charge is 0.508 e. The predicted molar refractivity (Wildman–Crippen MR) is 143 cm³/mol. The van der Waals surface area contributed by atoms with Crippen LogP contribution in [0.5, 0.6) is 17.2 Å². The maximum absolute atomic E-state index is 13.4. The summed E-state index contributed by atoms with van der Waals surface area (Å²) in [4.78, 5) is 16.1. The topological polar surface area (TPSA) is 49.8 Å². The van der Waals surface area contributed by atoms with Gasteiger partial charge in [0.05, 0.1) is 5.56 Å². The number of ether oxygens (including phenoxy) is 1. The molecule has 38 heavy (non-hydrogen) atoms. The molecule has 1 fully saturated rings. The first-order valence-corrected chi connectivity index (χ1v) is 13.5. The maximum Gasteiger partial charge on any atom is 0.416 e. The molecule has 1 aromatic heterocycles. The van der Waals surface area contributed by atoms with Gasteiger partial charge in [-0.1, -0.05) is 31.2 Å². The van der Waals surface area contributed by atoms with Crippen molar-refractivity contribution in [2.45, 2.75) is 32.4 Å². The number of aromatic hydroxyl groups is 1. The number of halogens is 3. The molecule has 1 N–H and O–H groups in total. The van der Waals surface area contributed by atoms with E-state index >= 15 is 0 Å². The summed E-state index contributed by atoms with van der Waals surface area (Å²) in [6.45, 7) is 5.73. The molecule has 0 saturated carbocycles. The van der Waals surface area contributed by atoms with Crippen LogP contribution < -0.4 is 4.74 Å². The Bertz CT molecular complexity index is 1430. The van der Waals surface area contributed by atoms with Crippen LogP contribution in [0.25, 0.3) is 10.1 Å². The van der Waals surface area contributed by atoms with E-state index in [-0.39, 0.29) is 16.2 Å².